The Balaban J connectivity index is 1.86. The molecule has 0 bridgehead atoms. The second-order valence-electron chi connectivity index (χ2n) is 5.45. The van der Waals surface area contributed by atoms with Gasteiger partial charge in [-0.2, -0.15) is 5.10 Å². The zero-order chi connectivity index (χ0) is 19.8. The molecule has 11 heteroatoms. The van der Waals surface area contributed by atoms with E-state index < -0.39 is 10.0 Å². The van der Waals surface area contributed by atoms with Crippen molar-refractivity contribution in [2.24, 2.45) is 0 Å². The van der Waals surface area contributed by atoms with Crippen molar-refractivity contribution in [3.8, 4) is 0 Å². The van der Waals surface area contributed by atoms with Crippen LogP contribution in [-0.4, -0.2) is 18.2 Å². The van der Waals surface area contributed by atoms with Crippen LogP contribution in [-0.2, 0) is 16.6 Å². The monoisotopic (exact) mass is 527 g/mol. The van der Waals surface area contributed by atoms with Crippen molar-refractivity contribution >= 4 is 78.2 Å². The van der Waals surface area contributed by atoms with Crippen molar-refractivity contribution in [1.82, 2.24) is 9.78 Å². The van der Waals surface area contributed by atoms with Gasteiger partial charge in [0.2, 0.25) is 0 Å². The van der Waals surface area contributed by atoms with E-state index in [0.717, 1.165) is 5.56 Å². The zero-order valence-corrected chi connectivity index (χ0v) is 18.7. The normalized spacial score (nSPS) is 11.6. The SMILES string of the molecule is O=S(=O)(Nc1nn(Cc2ccc(Cl)c(Cl)c2)cc1Br)c1cc(Cl)ccc1Cl. The molecule has 0 unspecified atom stereocenters. The van der Waals surface area contributed by atoms with Gasteiger partial charge in [-0.25, -0.2) is 8.42 Å². The van der Waals surface area contributed by atoms with Crippen LogP contribution in [0.5, 0.6) is 0 Å². The fourth-order valence-electron chi connectivity index (χ4n) is 2.24. The minimum atomic E-state index is -3.97. The fraction of sp³-hybridized carbons (Fsp3) is 0.0625. The Morgan fingerprint density at radius 2 is 1.70 bits per heavy atom. The van der Waals surface area contributed by atoms with Gasteiger partial charge in [-0.05, 0) is 51.8 Å². The molecule has 0 amide bonds. The standard InChI is InChI=1S/C16H10BrCl4N3O2S/c17-11-8-24(7-9-1-3-12(19)14(21)5-9)22-16(11)23-27(25,26)15-6-10(18)2-4-13(15)20/h1-6,8H,7H2,(H,22,23). The van der Waals surface area contributed by atoms with Gasteiger partial charge in [-0.15, -0.1) is 0 Å². The average molecular weight is 530 g/mol. The van der Waals surface area contributed by atoms with Crippen molar-refractivity contribution in [1.29, 1.82) is 0 Å². The molecule has 1 heterocycles. The lowest BCUT2D eigenvalue weighted by molar-refractivity contribution is 0.600. The van der Waals surface area contributed by atoms with Gasteiger partial charge >= 0.3 is 0 Å². The van der Waals surface area contributed by atoms with Crippen molar-refractivity contribution in [2.75, 3.05) is 4.72 Å². The highest BCUT2D eigenvalue weighted by molar-refractivity contribution is 9.10. The van der Waals surface area contributed by atoms with E-state index >= 15 is 0 Å². The van der Waals surface area contributed by atoms with Crippen molar-refractivity contribution in [3.05, 3.63) is 72.7 Å². The lowest BCUT2D eigenvalue weighted by Gasteiger charge is -2.08. The van der Waals surface area contributed by atoms with Crippen LogP contribution < -0.4 is 4.72 Å². The van der Waals surface area contributed by atoms with Gasteiger partial charge in [0, 0.05) is 11.2 Å². The van der Waals surface area contributed by atoms with Crippen LogP contribution in [0.15, 0.2) is 52.0 Å². The van der Waals surface area contributed by atoms with Crippen molar-refractivity contribution in [3.63, 3.8) is 0 Å². The summed E-state index contributed by atoms with van der Waals surface area (Å²) in [5, 5.41) is 5.44. The quantitative estimate of drug-likeness (QED) is 0.434. The van der Waals surface area contributed by atoms with Gasteiger partial charge in [0.05, 0.1) is 26.1 Å². The highest BCUT2D eigenvalue weighted by Gasteiger charge is 2.21. The number of hydrogen-bond donors (Lipinski definition) is 1. The van der Waals surface area contributed by atoms with E-state index in [1.54, 1.807) is 29.1 Å². The number of nitrogens with zero attached hydrogens (tertiary/aromatic N) is 2. The minimum absolute atomic E-state index is 0.0539. The lowest BCUT2D eigenvalue weighted by atomic mass is 10.2. The summed E-state index contributed by atoms with van der Waals surface area (Å²) in [5.74, 6) is 0.117. The third-order valence-corrected chi connectivity index (χ3v) is 6.83. The summed E-state index contributed by atoms with van der Waals surface area (Å²) in [7, 11) is -3.97. The Hall–Kier alpha value is -0.960. The summed E-state index contributed by atoms with van der Waals surface area (Å²) in [6.07, 6.45) is 1.64. The first kappa shape index (κ1) is 20.8. The molecule has 3 aromatic rings. The molecule has 3 rings (SSSR count). The highest BCUT2D eigenvalue weighted by Crippen LogP contribution is 2.29. The second kappa shape index (κ2) is 8.19. The first-order valence-corrected chi connectivity index (χ1v) is 11.1. The second-order valence-corrected chi connectivity index (χ2v) is 9.62. The summed E-state index contributed by atoms with van der Waals surface area (Å²) in [6.45, 7) is 0.370. The molecule has 1 aromatic heterocycles. The smallest absolute Gasteiger partial charge is 0.264 e. The molecule has 0 fully saturated rings. The van der Waals surface area contributed by atoms with Crippen LogP contribution in [0.3, 0.4) is 0 Å². The topological polar surface area (TPSA) is 64.0 Å². The van der Waals surface area contributed by atoms with E-state index in [-0.39, 0.29) is 20.8 Å². The molecule has 5 nitrogen and oxygen atoms in total. The molecule has 142 valence electrons. The van der Waals surface area contributed by atoms with Crippen molar-refractivity contribution < 1.29 is 8.42 Å². The maximum absolute atomic E-state index is 12.6. The van der Waals surface area contributed by atoms with Crippen LogP contribution in [0, 0.1) is 0 Å². The molecule has 0 aliphatic rings. The molecular formula is C16H10BrCl4N3O2S. The molecule has 2 aromatic carbocycles. The molecule has 1 N–H and O–H groups in total. The van der Waals surface area contributed by atoms with Gasteiger partial charge in [0.15, 0.2) is 5.82 Å². The van der Waals surface area contributed by atoms with E-state index in [1.165, 1.54) is 18.2 Å². The van der Waals surface area contributed by atoms with Gasteiger partial charge < -0.3 is 0 Å². The fourth-order valence-corrected chi connectivity index (χ4v) is 4.89. The third kappa shape index (κ3) is 4.91. The average Bonchev–Trinajstić information content (AvgIpc) is 2.91. The number of benzene rings is 2. The van der Waals surface area contributed by atoms with Gasteiger partial charge in [0.1, 0.15) is 4.90 Å². The van der Waals surface area contributed by atoms with Crippen LogP contribution in [0.2, 0.25) is 20.1 Å². The summed E-state index contributed by atoms with van der Waals surface area (Å²) >= 11 is 27.1. The molecule has 0 radical (unpaired) electrons. The number of halogens is 5. The number of rotatable bonds is 5. The van der Waals surface area contributed by atoms with Crippen molar-refractivity contribution in [2.45, 2.75) is 11.4 Å². The summed E-state index contributed by atoms with van der Waals surface area (Å²) in [6, 6.07) is 9.39. The van der Waals surface area contributed by atoms with E-state index in [0.29, 0.717) is 21.1 Å². The van der Waals surface area contributed by atoms with Crippen LogP contribution in [0.1, 0.15) is 5.56 Å². The molecule has 0 saturated carbocycles. The minimum Gasteiger partial charge on any atom is -0.265 e. The lowest BCUT2D eigenvalue weighted by Crippen LogP contribution is -2.14. The molecule has 0 spiro atoms. The molecule has 0 atom stereocenters. The van der Waals surface area contributed by atoms with Crippen LogP contribution in [0.4, 0.5) is 5.82 Å². The maximum Gasteiger partial charge on any atom is 0.264 e. The Morgan fingerprint density at radius 1 is 1.00 bits per heavy atom. The van der Waals surface area contributed by atoms with Gasteiger partial charge in [0.25, 0.3) is 10.0 Å². The number of aromatic nitrogens is 2. The highest BCUT2D eigenvalue weighted by atomic mass is 79.9. The van der Waals surface area contributed by atoms with E-state index in [4.69, 9.17) is 46.4 Å². The molecule has 0 aliphatic carbocycles. The molecule has 0 saturated heterocycles. The van der Waals surface area contributed by atoms with Crippen LogP contribution in [0.25, 0.3) is 0 Å². The number of nitrogens with one attached hydrogen (secondary N) is 1. The first-order valence-electron chi connectivity index (χ1n) is 7.30. The summed E-state index contributed by atoms with van der Waals surface area (Å²) < 4.78 is 29.7. The molecule has 0 aliphatic heterocycles. The number of anilines is 1. The Labute approximate surface area is 184 Å². The molecular weight excluding hydrogens is 520 g/mol. The molecule has 27 heavy (non-hydrogen) atoms. The van der Waals surface area contributed by atoms with E-state index in [1.807, 2.05) is 0 Å². The summed E-state index contributed by atoms with van der Waals surface area (Å²) in [4.78, 5) is -0.136. The summed E-state index contributed by atoms with van der Waals surface area (Å²) in [5.41, 5.74) is 0.853. The van der Waals surface area contributed by atoms with E-state index in [2.05, 4.69) is 25.8 Å². The largest absolute Gasteiger partial charge is 0.265 e. The maximum atomic E-state index is 12.6. The number of sulfonamides is 1. The Kier molecular flexibility index (Phi) is 6.30. The van der Waals surface area contributed by atoms with Gasteiger partial charge in [-0.1, -0.05) is 52.5 Å². The Morgan fingerprint density at radius 3 is 2.41 bits per heavy atom. The predicted octanol–water partition coefficient (Wildman–Crippen LogP) is 6.11. The van der Waals surface area contributed by atoms with Crippen LogP contribution >= 0.6 is 62.3 Å². The first-order chi connectivity index (χ1) is 12.7. The third-order valence-electron chi connectivity index (χ3n) is 3.46. The zero-order valence-electron chi connectivity index (χ0n) is 13.3. The van der Waals surface area contributed by atoms with Gasteiger partial charge in [-0.3, -0.25) is 9.40 Å². The predicted molar refractivity (Wildman–Crippen MR) is 113 cm³/mol. The number of hydrogen-bond acceptors (Lipinski definition) is 3. The van der Waals surface area contributed by atoms with E-state index in [9.17, 15) is 8.42 Å². The Bertz CT molecular complexity index is 1120.